The van der Waals surface area contributed by atoms with Crippen molar-refractivity contribution >= 4 is 23.1 Å². The molecule has 0 atom stereocenters. The summed E-state index contributed by atoms with van der Waals surface area (Å²) in [7, 11) is 0. The molecule has 6 heteroatoms. The van der Waals surface area contributed by atoms with Crippen LogP contribution >= 0.6 is 0 Å². The number of hydrogen-bond donors (Lipinski definition) is 2. The van der Waals surface area contributed by atoms with Crippen LogP contribution in [-0.2, 0) is 10.2 Å². The van der Waals surface area contributed by atoms with E-state index >= 15 is 0 Å². The van der Waals surface area contributed by atoms with Gasteiger partial charge in [-0.1, -0.05) is 56.3 Å². The Hall–Kier alpha value is -3.41. The van der Waals surface area contributed by atoms with Crippen LogP contribution in [0.5, 0.6) is 0 Å². The number of hydrogen-bond acceptors (Lipinski definition) is 4. The summed E-state index contributed by atoms with van der Waals surface area (Å²) in [6.07, 6.45) is 0.636. The summed E-state index contributed by atoms with van der Waals surface area (Å²) in [5, 5.41) is 6.83. The minimum absolute atomic E-state index is 0.106. The number of nitrogens with zero attached hydrogens (tertiary/aromatic N) is 2. The second kappa shape index (κ2) is 6.39. The Morgan fingerprint density at radius 1 is 1.11 bits per heavy atom. The third kappa shape index (κ3) is 3.21. The molecule has 0 spiro atoms. The van der Waals surface area contributed by atoms with Crippen LogP contribution in [0, 0.1) is 0 Å². The number of para-hydroxylation sites is 1. The van der Waals surface area contributed by atoms with E-state index in [0.29, 0.717) is 29.2 Å². The van der Waals surface area contributed by atoms with E-state index in [-0.39, 0.29) is 5.41 Å². The first-order chi connectivity index (χ1) is 13.0. The number of imidazole rings is 1. The Morgan fingerprint density at radius 3 is 2.59 bits per heavy atom. The van der Waals surface area contributed by atoms with Crippen LogP contribution in [0.15, 0.2) is 53.1 Å². The molecular formula is C21H20N4O2. The fourth-order valence-electron chi connectivity index (χ4n) is 2.99. The number of anilines is 1. The molecule has 4 aromatic rings. The molecule has 0 fully saturated rings. The van der Waals surface area contributed by atoms with Gasteiger partial charge in [-0.3, -0.25) is 4.79 Å². The maximum Gasteiger partial charge on any atom is 0.211 e. The topological polar surface area (TPSA) is 83.8 Å². The average Bonchev–Trinajstić information content (AvgIpc) is 3.29. The molecular weight excluding hydrogens is 340 g/mol. The van der Waals surface area contributed by atoms with Crippen molar-refractivity contribution in [3.63, 3.8) is 0 Å². The van der Waals surface area contributed by atoms with E-state index in [0.717, 1.165) is 16.8 Å². The Bertz CT molecular complexity index is 1100. The summed E-state index contributed by atoms with van der Waals surface area (Å²) in [4.78, 5) is 18.5. The lowest BCUT2D eigenvalue weighted by Crippen LogP contribution is -2.10. The monoisotopic (exact) mass is 360 g/mol. The van der Waals surface area contributed by atoms with Gasteiger partial charge in [0.15, 0.2) is 5.82 Å². The summed E-state index contributed by atoms with van der Waals surface area (Å²) in [6, 6.07) is 15.7. The largest absolute Gasteiger partial charge is 0.352 e. The van der Waals surface area contributed by atoms with Crippen LogP contribution in [0.4, 0.5) is 5.69 Å². The molecule has 6 nitrogen and oxygen atoms in total. The first-order valence-electron chi connectivity index (χ1n) is 8.72. The Balaban J connectivity index is 1.67. The van der Waals surface area contributed by atoms with Gasteiger partial charge in [-0.2, -0.15) is 0 Å². The van der Waals surface area contributed by atoms with Crippen LogP contribution < -0.4 is 5.32 Å². The van der Waals surface area contributed by atoms with Crippen LogP contribution in [-0.4, -0.2) is 21.5 Å². The van der Waals surface area contributed by atoms with Crippen LogP contribution in [0.2, 0.25) is 0 Å². The van der Waals surface area contributed by atoms with Gasteiger partial charge < -0.3 is 14.8 Å². The molecule has 0 unspecified atom stereocenters. The smallest absolute Gasteiger partial charge is 0.211 e. The summed E-state index contributed by atoms with van der Waals surface area (Å²) in [6.45, 7) is 6.56. The van der Waals surface area contributed by atoms with E-state index in [1.54, 1.807) is 6.07 Å². The highest BCUT2D eigenvalue weighted by Gasteiger charge is 2.16. The molecule has 0 saturated heterocycles. The second-order valence-electron chi connectivity index (χ2n) is 7.45. The predicted molar refractivity (Wildman–Crippen MR) is 105 cm³/mol. The van der Waals surface area contributed by atoms with E-state index in [9.17, 15) is 4.79 Å². The summed E-state index contributed by atoms with van der Waals surface area (Å²) >= 11 is 0. The normalized spacial score (nSPS) is 11.7. The Kier molecular flexibility index (Phi) is 4.03. The number of benzene rings is 2. The maximum absolute atomic E-state index is 10.8. The molecule has 0 aliphatic rings. The van der Waals surface area contributed by atoms with Gasteiger partial charge >= 0.3 is 0 Å². The maximum atomic E-state index is 10.8. The molecule has 0 radical (unpaired) electrons. The van der Waals surface area contributed by atoms with Gasteiger partial charge in [0.25, 0.3) is 0 Å². The number of rotatable bonds is 4. The van der Waals surface area contributed by atoms with E-state index in [1.807, 2.05) is 30.3 Å². The lowest BCUT2D eigenvalue weighted by Gasteiger charge is -2.18. The summed E-state index contributed by atoms with van der Waals surface area (Å²) in [5.74, 6) is 1.10. The minimum atomic E-state index is 0.106. The lowest BCUT2D eigenvalue weighted by atomic mass is 9.86. The zero-order chi connectivity index (χ0) is 19.0. The van der Waals surface area contributed by atoms with Gasteiger partial charge in [0.1, 0.15) is 11.2 Å². The predicted octanol–water partition coefficient (Wildman–Crippen LogP) is 4.75. The van der Waals surface area contributed by atoms with Crippen molar-refractivity contribution in [3.05, 3.63) is 54.1 Å². The molecule has 27 heavy (non-hydrogen) atoms. The van der Waals surface area contributed by atoms with E-state index < -0.39 is 0 Å². The number of carbonyl (C=O) groups excluding carboxylic acids is 1. The summed E-state index contributed by atoms with van der Waals surface area (Å²) in [5.41, 5.74) is 5.23. The number of fused-ring (bicyclic) bond motifs is 1. The zero-order valence-electron chi connectivity index (χ0n) is 15.4. The number of carbonyl (C=O) groups is 1. The molecule has 2 N–H and O–H groups in total. The number of aromatic amines is 1. The van der Waals surface area contributed by atoms with Crippen molar-refractivity contribution < 1.29 is 9.32 Å². The van der Waals surface area contributed by atoms with Gasteiger partial charge in [-0.15, -0.1) is 0 Å². The van der Waals surface area contributed by atoms with E-state index in [4.69, 9.17) is 4.52 Å². The second-order valence-corrected chi connectivity index (χ2v) is 7.45. The van der Waals surface area contributed by atoms with Crippen molar-refractivity contribution in [1.82, 2.24) is 15.1 Å². The average molecular weight is 360 g/mol. The molecule has 0 bridgehead atoms. The van der Waals surface area contributed by atoms with Gasteiger partial charge in [0, 0.05) is 11.6 Å². The fraction of sp³-hybridized carbons (Fsp3) is 0.190. The van der Waals surface area contributed by atoms with E-state index in [1.165, 1.54) is 5.56 Å². The summed E-state index contributed by atoms with van der Waals surface area (Å²) < 4.78 is 5.50. The number of amides is 1. The molecule has 0 saturated carbocycles. The van der Waals surface area contributed by atoms with Crippen molar-refractivity contribution in [2.75, 3.05) is 5.32 Å². The highest BCUT2D eigenvalue weighted by Crippen LogP contribution is 2.30. The van der Waals surface area contributed by atoms with Crippen molar-refractivity contribution in [1.29, 1.82) is 0 Å². The van der Waals surface area contributed by atoms with Crippen LogP contribution in [0.1, 0.15) is 26.3 Å². The lowest BCUT2D eigenvalue weighted by molar-refractivity contribution is -0.105. The SMILES string of the molecule is CC(C)(C)c1ccc(-c2cc(-c3nc4c(NC=O)cccc4[nH]3)on2)cc1. The molecule has 2 heterocycles. The number of H-pyrrole nitrogens is 1. The molecule has 0 aliphatic heterocycles. The third-order valence-electron chi connectivity index (χ3n) is 4.52. The number of nitrogens with one attached hydrogen (secondary N) is 2. The number of aromatic nitrogens is 3. The van der Waals surface area contributed by atoms with Gasteiger partial charge in [0.2, 0.25) is 12.2 Å². The molecule has 4 rings (SSSR count). The minimum Gasteiger partial charge on any atom is -0.352 e. The molecule has 2 aromatic heterocycles. The highest BCUT2D eigenvalue weighted by molar-refractivity contribution is 5.94. The third-order valence-corrected chi connectivity index (χ3v) is 4.52. The molecule has 2 aromatic carbocycles. The Morgan fingerprint density at radius 2 is 1.89 bits per heavy atom. The van der Waals surface area contributed by atoms with Gasteiger partial charge in [-0.05, 0) is 23.1 Å². The first-order valence-corrected chi connectivity index (χ1v) is 8.72. The zero-order valence-corrected chi connectivity index (χ0v) is 15.4. The van der Waals surface area contributed by atoms with Crippen molar-refractivity contribution in [2.24, 2.45) is 0 Å². The first kappa shape index (κ1) is 17.0. The van der Waals surface area contributed by atoms with Crippen molar-refractivity contribution in [2.45, 2.75) is 26.2 Å². The standard InChI is InChI=1S/C21H20N4O2/c1-21(2,3)14-9-7-13(8-10-14)17-11-18(27-25-17)20-23-16-6-4-5-15(22-12-26)19(16)24-20/h4-12H,1-3H3,(H,22,26)(H,23,24). The van der Waals surface area contributed by atoms with Gasteiger partial charge in [0.05, 0.1) is 11.2 Å². The van der Waals surface area contributed by atoms with Crippen molar-refractivity contribution in [3.8, 4) is 22.8 Å². The molecule has 136 valence electrons. The van der Waals surface area contributed by atoms with Crippen LogP contribution in [0.25, 0.3) is 33.9 Å². The van der Waals surface area contributed by atoms with Crippen LogP contribution in [0.3, 0.4) is 0 Å². The highest BCUT2D eigenvalue weighted by atomic mass is 16.5. The van der Waals surface area contributed by atoms with Gasteiger partial charge in [-0.25, -0.2) is 4.98 Å². The fourth-order valence-corrected chi connectivity index (χ4v) is 2.99. The Labute approximate surface area is 156 Å². The van der Waals surface area contributed by atoms with E-state index in [2.05, 4.69) is 53.3 Å². The molecule has 1 amide bonds. The quantitative estimate of drug-likeness (QED) is 0.514. The molecule has 0 aliphatic carbocycles.